The number of hydrogen-bond donors (Lipinski definition) is 0. The van der Waals surface area contributed by atoms with E-state index >= 15 is 0 Å². The molecule has 0 aliphatic heterocycles. The van der Waals surface area contributed by atoms with Crippen LogP contribution in [0.15, 0.2) is 11.6 Å². The molecular formula is C13H22O. The van der Waals surface area contributed by atoms with Crippen molar-refractivity contribution in [1.29, 1.82) is 0 Å². The fraction of sp³-hybridized carbons (Fsp3) is 0.769. The summed E-state index contributed by atoms with van der Waals surface area (Å²) in [5.74, 6) is 1.74. The quantitative estimate of drug-likeness (QED) is 0.669. The number of rotatable bonds is 3. The molecule has 1 aliphatic rings. The molecule has 0 N–H and O–H groups in total. The average Bonchev–Trinajstić information content (AvgIpc) is 2.36. The lowest BCUT2D eigenvalue weighted by atomic mass is 9.80. The van der Waals surface area contributed by atoms with E-state index in [1.807, 2.05) is 6.08 Å². The van der Waals surface area contributed by atoms with Gasteiger partial charge in [0.25, 0.3) is 0 Å². The van der Waals surface area contributed by atoms with Crippen LogP contribution in [0.5, 0.6) is 0 Å². The van der Waals surface area contributed by atoms with Gasteiger partial charge in [0.1, 0.15) is 0 Å². The highest BCUT2D eigenvalue weighted by Crippen LogP contribution is 2.34. The molecule has 1 aliphatic carbocycles. The average molecular weight is 194 g/mol. The highest BCUT2D eigenvalue weighted by Gasteiger charge is 2.24. The second kappa shape index (κ2) is 5.33. The maximum absolute atomic E-state index is 11.5. The Bertz CT molecular complexity index is 227. The van der Waals surface area contributed by atoms with Crippen molar-refractivity contribution in [2.45, 2.75) is 52.9 Å². The van der Waals surface area contributed by atoms with Gasteiger partial charge in [-0.1, -0.05) is 32.8 Å². The molecule has 2 atom stereocenters. The van der Waals surface area contributed by atoms with Gasteiger partial charge in [0, 0.05) is 6.42 Å². The molecule has 0 saturated carbocycles. The Morgan fingerprint density at radius 2 is 2.00 bits per heavy atom. The normalized spacial score (nSPS) is 28.5. The predicted octanol–water partition coefficient (Wildman–Crippen LogP) is 3.74. The Morgan fingerprint density at radius 3 is 2.50 bits per heavy atom. The number of ketones is 1. The van der Waals surface area contributed by atoms with Crippen LogP contribution in [-0.2, 0) is 4.79 Å². The zero-order chi connectivity index (χ0) is 10.6. The van der Waals surface area contributed by atoms with Crippen molar-refractivity contribution in [3.05, 3.63) is 11.6 Å². The van der Waals surface area contributed by atoms with Crippen LogP contribution in [0.3, 0.4) is 0 Å². The van der Waals surface area contributed by atoms with Crippen molar-refractivity contribution in [2.75, 3.05) is 0 Å². The first-order valence-electron chi connectivity index (χ1n) is 5.96. The minimum absolute atomic E-state index is 0.344. The summed E-state index contributed by atoms with van der Waals surface area (Å²) < 4.78 is 0. The van der Waals surface area contributed by atoms with Gasteiger partial charge in [-0.2, -0.15) is 0 Å². The first-order chi connectivity index (χ1) is 6.72. The molecule has 1 rings (SSSR count). The summed E-state index contributed by atoms with van der Waals surface area (Å²) in [6.07, 6.45) is 7.21. The molecule has 0 spiro atoms. The molecule has 2 unspecified atom stereocenters. The summed E-state index contributed by atoms with van der Waals surface area (Å²) >= 11 is 0. The summed E-state index contributed by atoms with van der Waals surface area (Å²) in [5.41, 5.74) is 1.39. The minimum Gasteiger partial charge on any atom is -0.295 e. The zero-order valence-corrected chi connectivity index (χ0v) is 9.68. The number of carbonyl (C=O) groups is 1. The van der Waals surface area contributed by atoms with Crippen LogP contribution < -0.4 is 0 Å². The third kappa shape index (κ3) is 2.46. The predicted molar refractivity (Wildman–Crippen MR) is 60.2 cm³/mol. The minimum atomic E-state index is 0.344. The molecular weight excluding hydrogens is 172 g/mol. The maximum atomic E-state index is 11.5. The Kier molecular flexibility index (Phi) is 4.37. The maximum Gasteiger partial charge on any atom is 0.155 e. The molecule has 1 nitrogen and oxygen atoms in total. The van der Waals surface area contributed by atoms with E-state index in [-0.39, 0.29) is 0 Å². The number of carbonyl (C=O) groups excluding carboxylic acids is 1. The molecule has 14 heavy (non-hydrogen) atoms. The van der Waals surface area contributed by atoms with Gasteiger partial charge in [0.05, 0.1) is 0 Å². The lowest BCUT2D eigenvalue weighted by Crippen LogP contribution is -2.14. The SMILES string of the molecule is CCC1=CC(=O)CCC(CC)C1CC. The summed E-state index contributed by atoms with van der Waals surface area (Å²) in [7, 11) is 0. The molecule has 0 fully saturated rings. The van der Waals surface area contributed by atoms with Crippen molar-refractivity contribution in [1.82, 2.24) is 0 Å². The van der Waals surface area contributed by atoms with Gasteiger partial charge in [0.2, 0.25) is 0 Å². The van der Waals surface area contributed by atoms with Crippen molar-refractivity contribution in [3.8, 4) is 0 Å². The molecule has 0 heterocycles. The Hall–Kier alpha value is -0.590. The van der Waals surface area contributed by atoms with Crippen LogP contribution in [0.2, 0.25) is 0 Å². The van der Waals surface area contributed by atoms with Crippen LogP contribution in [0.4, 0.5) is 0 Å². The third-order valence-electron chi connectivity index (χ3n) is 3.53. The van der Waals surface area contributed by atoms with Crippen molar-refractivity contribution in [2.24, 2.45) is 11.8 Å². The summed E-state index contributed by atoms with van der Waals surface area (Å²) in [6.45, 7) is 6.66. The topological polar surface area (TPSA) is 17.1 Å². The molecule has 0 amide bonds. The first-order valence-corrected chi connectivity index (χ1v) is 5.96. The molecule has 0 saturated heterocycles. The fourth-order valence-electron chi connectivity index (χ4n) is 2.67. The number of hydrogen-bond acceptors (Lipinski definition) is 1. The van der Waals surface area contributed by atoms with Crippen LogP contribution >= 0.6 is 0 Å². The van der Waals surface area contributed by atoms with E-state index in [4.69, 9.17) is 0 Å². The first kappa shape index (κ1) is 11.5. The third-order valence-corrected chi connectivity index (χ3v) is 3.53. The Morgan fingerprint density at radius 1 is 1.29 bits per heavy atom. The van der Waals surface area contributed by atoms with Crippen LogP contribution in [0, 0.1) is 11.8 Å². The molecule has 0 aromatic rings. The van der Waals surface area contributed by atoms with Gasteiger partial charge >= 0.3 is 0 Å². The second-order valence-electron chi connectivity index (χ2n) is 4.26. The highest BCUT2D eigenvalue weighted by molar-refractivity contribution is 5.90. The van der Waals surface area contributed by atoms with Crippen LogP contribution in [-0.4, -0.2) is 5.78 Å². The van der Waals surface area contributed by atoms with Gasteiger partial charge in [-0.25, -0.2) is 0 Å². The van der Waals surface area contributed by atoms with Crippen LogP contribution in [0.25, 0.3) is 0 Å². The van der Waals surface area contributed by atoms with E-state index < -0.39 is 0 Å². The lowest BCUT2D eigenvalue weighted by molar-refractivity contribution is -0.114. The van der Waals surface area contributed by atoms with Crippen molar-refractivity contribution < 1.29 is 4.79 Å². The Balaban J connectivity index is 2.88. The second-order valence-corrected chi connectivity index (χ2v) is 4.26. The molecule has 1 heteroatoms. The molecule has 0 aromatic heterocycles. The smallest absolute Gasteiger partial charge is 0.155 e. The summed E-state index contributed by atoms with van der Waals surface area (Å²) in [5, 5.41) is 0. The van der Waals surface area contributed by atoms with Gasteiger partial charge in [-0.05, 0) is 37.2 Å². The molecule has 0 aromatic carbocycles. The van der Waals surface area contributed by atoms with E-state index in [2.05, 4.69) is 20.8 Å². The highest BCUT2D eigenvalue weighted by atomic mass is 16.1. The van der Waals surface area contributed by atoms with E-state index in [1.54, 1.807) is 0 Å². The van der Waals surface area contributed by atoms with Gasteiger partial charge in [-0.15, -0.1) is 0 Å². The summed E-state index contributed by atoms with van der Waals surface area (Å²) in [4.78, 5) is 11.5. The van der Waals surface area contributed by atoms with Crippen LogP contribution in [0.1, 0.15) is 52.9 Å². The zero-order valence-electron chi connectivity index (χ0n) is 9.68. The summed E-state index contributed by atoms with van der Waals surface area (Å²) in [6, 6.07) is 0. The lowest BCUT2D eigenvalue weighted by Gasteiger charge is -2.25. The van der Waals surface area contributed by atoms with Gasteiger partial charge in [0.15, 0.2) is 5.78 Å². The number of allylic oxidation sites excluding steroid dienone is 2. The fourth-order valence-corrected chi connectivity index (χ4v) is 2.67. The van der Waals surface area contributed by atoms with E-state index in [9.17, 15) is 4.79 Å². The van der Waals surface area contributed by atoms with Gasteiger partial charge in [-0.3, -0.25) is 4.79 Å². The standard InChI is InChI=1S/C13H22O/c1-4-10-7-8-12(14)9-11(5-2)13(10)6-3/h9-10,13H,4-8H2,1-3H3. The van der Waals surface area contributed by atoms with E-state index in [0.29, 0.717) is 11.7 Å². The largest absolute Gasteiger partial charge is 0.295 e. The molecule has 80 valence electrons. The molecule has 0 bridgehead atoms. The Labute approximate surface area is 87.6 Å². The van der Waals surface area contributed by atoms with Crippen molar-refractivity contribution in [3.63, 3.8) is 0 Å². The van der Waals surface area contributed by atoms with E-state index in [0.717, 1.165) is 25.2 Å². The monoisotopic (exact) mass is 194 g/mol. The van der Waals surface area contributed by atoms with Gasteiger partial charge < -0.3 is 0 Å². The van der Waals surface area contributed by atoms with E-state index in [1.165, 1.54) is 18.4 Å². The molecule has 0 radical (unpaired) electrons. The van der Waals surface area contributed by atoms with Crippen molar-refractivity contribution >= 4 is 5.78 Å².